The third kappa shape index (κ3) is 80.7. The van der Waals surface area contributed by atoms with Gasteiger partial charge in [0.25, 0.3) is 0 Å². The van der Waals surface area contributed by atoms with E-state index < -0.39 is 26.5 Å². The highest BCUT2D eigenvalue weighted by atomic mass is 31.2. The molecule has 0 saturated heterocycles. The molecule has 9 nitrogen and oxygen atoms in total. The highest BCUT2D eigenvalue weighted by Gasteiger charge is 2.26. The molecule has 0 spiro atoms. The van der Waals surface area contributed by atoms with Crippen LogP contribution in [0.15, 0.2) is 60.8 Å². The fraction of sp³-hybridized carbons (Fsp3) is 0.860. The average molecular weight is 1370 g/mol. The van der Waals surface area contributed by atoms with Crippen LogP contribution < -0.4 is 5.73 Å². The van der Waals surface area contributed by atoms with Crippen molar-refractivity contribution in [2.45, 2.75) is 450 Å². The summed E-state index contributed by atoms with van der Waals surface area (Å²) in [5.41, 5.74) is 5.42. The fourth-order valence-corrected chi connectivity index (χ4v) is 13.7. The summed E-state index contributed by atoms with van der Waals surface area (Å²) in [6.07, 6.45) is 108. The van der Waals surface area contributed by atoms with E-state index in [1.807, 2.05) is 0 Å². The van der Waals surface area contributed by atoms with Crippen LogP contribution in [0.1, 0.15) is 444 Å². The van der Waals surface area contributed by atoms with Gasteiger partial charge in [-0.3, -0.25) is 18.6 Å². The lowest BCUT2D eigenvalue weighted by atomic mass is 10.0. The van der Waals surface area contributed by atoms with Gasteiger partial charge in [0.05, 0.1) is 13.2 Å². The lowest BCUT2D eigenvalue weighted by Crippen LogP contribution is -2.29. The zero-order valence-corrected chi connectivity index (χ0v) is 64.8. The second-order valence-corrected chi connectivity index (χ2v) is 30.1. The summed E-state index contributed by atoms with van der Waals surface area (Å²) in [4.78, 5) is 35.5. The quantitative estimate of drug-likeness (QED) is 0.0264. The second-order valence-electron chi connectivity index (χ2n) is 28.7. The van der Waals surface area contributed by atoms with Crippen LogP contribution in [-0.2, 0) is 32.7 Å². The Hall–Kier alpha value is -2.29. The minimum Gasteiger partial charge on any atom is -0.462 e. The van der Waals surface area contributed by atoms with E-state index >= 15 is 0 Å². The first kappa shape index (κ1) is 93.7. The molecule has 564 valence electrons. The molecule has 0 radical (unpaired) electrons. The van der Waals surface area contributed by atoms with Gasteiger partial charge in [0.1, 0.15) is 6.61 Å². The third-order valence-corrected chi connectivity index (χ3v) is 20.2. The summed E-state index contributed by atoms with van der Waals surface area (Å²) >= 11 is 0. The van der Waals surface area contributed by atoms with Gasteiger partial charge in [-0.05, 0) is 57.8 Å². The Morgan fingerprint density at radius 2 is 0.573 bits per heavy atom. The number of carbonyl (C=O) groups excluding carboxylic acids is 2. The number of phosphoric acid groups is 1. The maximum Gasteiger partial charge on any atom is 0.472 e. The molecule has 0 aliphatic heterocycles. The van der Waals surface area contributed by atoms with Gasteiger partial charge in [0.2, 0.25) is 0 Å². The van der Waals surface area contributed by atoms with Crippen LogP contribution in [0.4, 0.5) is 0 Å². The highest BCUT2D eigenvalue weighted by molar-refractivity contribution is 7.47. The molecule has 0 aliphatic carbocycles. The molecule has 2 atom stereocenters. The molecule has 0 rings (SSSR count). The average Bonchev–Trinajstić information content (AvgIpc) is 3.21. The van der Waals surface area contributed by atoms with E-state index in [2.05, 4.69) is 74.6 Å². The number of carbonyl (C=O) groups is 2. The van der Waals surface area contributed by atoms with Gasteiger partial charge in [-0.25, -0.2) is 4.57 Å². The molecule has 0 aromatic rings. The summed E-state index contributed by atoms with van der Waals surface area (Å²) in [6.45, 7) is 3.72. The van der Waals surface area contributed by atoms with Crippen molar-refractivity contribution >= 4 is 19.8 Å². The molecule has 10 heteroatoms. The standard InChI is InChI=1S/C86H162NO8P/c1-3-5-7-9-11-13-15-17-19-21-23-25-27-29-31-33-35-37-39-41-42-43-45-47-49-51-53-55-57-59-61-63-65-67-69-71-73-75-77-79-86(89)95-84(83-94-96(90,91)93-81-80-87)82-92-85(88)78-76-74-72-70-68-66-64-62-60-58-56-54-52-50-48-46-44-40-38-36-34-32-30-28-26-24-22-20-18-16-14-12-10-8-6-4-2/h5,7,11,13,17,19,23,25,29,31,84H,3-4,6,8-10,12,14-16,18,20-22,24,26-28,30,32-83,87H2,1-2H3,(H,90,91)/b7-5-,13-11-,19-17-,25-23-,31-29-. The van der Waals surface area contributed by atoms with Crippen LogP contribution in [0.3, 0.4) is 0 Å². The number of rotatable bonds is 81. The zero-order valence-electron chi connectivity index (χ0n) is 63.9. The van der Waals surface area contributed by atoms with Gasteiger partial charge in [0, 0.05) is 19.4 Å². The van der Waals surface area contributed by atoms with E-state index in [0.717, 1.165) is 64.2 Å². The van der Waals surface area contributed by atoms with Crippen molar-refractivity contribution in [1.29, 1.82) is 0 Å². The number of phosphoric ester groups is 1. The van der Waals surface area contributed by atoms with E-state index in [1.165, 1.54) is 347 Å². The minimum atomic E-state index is -4.40. The molecule has 0 heterocycles. The predicted octanol–water partition coefficient (Wildman–Crippen LogP) is 28.5. The number of unbranched alkanes of at least 4 members (excludes halogenated alkanes) is 58. The maximum absolute atomic E-state index is 12.8. The van der Waals surface area contributed by atoms with E-state index in [4.69, 9.17) is 24.3 Å². The Morgan fingerprint density at radius 1 is 0.323 bits per heavy atom. The molecular formula is C86H162NO8P. The van der Waals surface area contributed by atoms with Gasteiger partial charge in [-0.2, -0.15) is 0 Å². The van der Waals surface area contributed by atoms with Crippen LogP contribution in [-0.4, -0.2) is 49.3 Å². The molecule has 0 aromatic heterocycles. The zero-order chi connectivity index (χ0) is 69.3. The Bertz CT molecular complexity index is 1760. The van der Waals surface area contributed by atoms with Crippen molar-refractivity contribution in [2.24, 2.45) is 5.73 Å². The first-order valence-corrected chi connectivity index (χ1v) is 43.8. The smallest absolute Gasteiger partial charge is 0.462 e. The molecule has 0 aromatic carbocycles. The molecular weight excluding hydrogens is 1210 g/mol. The van der Waals surface area contributed by atoms with Gasteiger partial charge in [-0.1, -0.05) is 434 Å². The molecule has 3 N–H and O–H groups in total. The van der Waals surface area contributed by atoms with E-state index in [1.54, 1.807) is 0 Å². The first-order chi connectivity index (χ1) is 47.3. The highest BCUT2D eigenvalue weighted by Crippen LogP contribution is 2.43. The summed E-state index contributed by atoms with van der Waals surface area (Å²) in [5, 5.41) is 0. The van der Waals surface area contributed by atoms with Crippen molar-refractivity contribution in [1.82, 2.24) is 0 Å². The van der Waals surface area contributed by atoms with Gasteiger partial charge < -0.3 is 20.1 Å². The first-order valence-electron chi connectivity index (χ1n) is 42.3. The van der Waals surface area contributed by atoms with Crippen molar-refractivity contribution < 1.29 is 37.6 Å². The van der Waals surface area contributed by atoms with Crippen LogP contribution in [0.5, 0.6) is 0 Å². The van der Waals surface area contributed by atoms with Crippen molar-refractivity contribution in [3.05, 3.63) is 60.8 Å². The number of hydrogen-bond acceptors (Lipinski definition) is 8. The van der Waals surface area contributed by atoms with Crippen LogP contribution in [0.25, 0.3) is 0 Å². The van der Waals surface area contributed by atoms with Gasteiger partial charge in [-0.15, -0.1) is 0 Å². The Balaban J connectivity index is 3.73. The number of allylic oxidation sites excluding steroid dienone is 10. The van der Waals surface area contributed by atoms with Gasteiger partial charge >= 0.3 is 19.8 Å². The summed E-state index contributed by atoms with van der Waals surface area (Å²) in [5.74, 6) is -0.800. The Labute approximate surface area is 597 Å². The molecule has 0 saturated carbocycles. The van der Waals surface area contributed by atoms with Crippen LogP contribution in [0, 0.1) is 0 Å². The molecule has 96 heavy (non-hydrogen) atoms. The van der Waals surface area contributed by atoms with E-state index in [9.17, 15) is 19.0 Å². The molecule has 2 unspecified atom stereocenters. The van der Waals surface area contributed by atoms with Crippen molar-refractivity contribution in [3.8, 4) is 0 Å². The Kier molecular flexibility index (Phi) is 79.7. The van der Waals surface area contributed by atoms with Crippen molar-refractivity contribution in [2.75, 3.05) is 26.4 Å². The third-order valence-electron chi connectivity index (χ3n) is 19.2. The molecule has 0 fully saturated rings. The van der Waals surface area contributed by atoms with Crippen LogP contribution >= 0.6 is 7.82 Å². The minimum absolute atomic E-state index is 0.0560. The summed E-state index contributed by atoms with van der Waals surface area (Å²) < 4.78 is 33.3. The number of ether oxygens (including phenoxy) is 2. The normalized spacial score (nSPS) is 13.1. The number of esters is 2. The summed E-state index contributed by atoms with van der Waals surface area (Å²) in [6, 6.07) is 0. The van der Waals surface area contributed by atoms with Crippen LogP contribution in [0.2, 0.25) is 0 Å². The topological polar surface area (TPSA) is 134 Å². The van der Waals surface area contributed by atoms with Crippen molar-refractivity contribution in [3.63, 3.8) is 0 Å². The maximum atomic E-state index is 12.8. The lowest BCUT2D eigenvalue weighted by molar-refractivity contribution is -0.161. The second kappa shape index (κ2) is 81.7. The molecule has 0 bridgehead atoms. The monoisotopic (exact) mass is 1370 g/mol. The number of nitrogens with two attached hydrogens (primary N) is 1. The molecule has 0 aliphatic rings. The Morgan fingerprint density at radius 3 is 0.854 bits per heavy atom. The van der Waals surface area contributed by atoms with E-state index in [-0.39, 0.29) is 38.6 Å². The number of hydrogen-bond donors (Lipinski definition) is 2. The van der Waals surface area contributed by atoms with E-state index in [0.29, 0.717) is 6.42 Å². The lowest BCUT2D eigenvalue weighted by Gasteiger charge is -2.19. The van der Waals surface area contributed by atoms with Gasteiger partial charge in [0.15, 0.2) is 6.10 Å². The summed E-state index contributed by atoms with van der Waals surface area (Å²) in [7, 11) is -4.40. The fourth-order valence-electron chi connectivity index (χ4n) is 13.0. The molecule has 0 amide bonds. The largest absolute Gasteiger partial charge is 0.472 e. The SMILES string of the molecule is CC/C=C\C/C=C\C/C=C\C/C=C\C/C=C\CCCCCCCCCCCCCCCCCCCCCCCCCC(=O)OC(COC(=O)CCCCCCCCCCCCCCCCCCCCCCCCCCCCCCCCCCCCCC)COP(=O)(O)OCCN. The predicted molar refractivity (Wildman–Crippen MR) is 418 cm³/mol.